The largest absolute Gasteiger partial charge is 0.497 e. The van der Waals surface area contributed by atoms with Crippen LogP contribution in [0.4, 0.5) is 0 Å². The van der Waals surface area contributed by atoms with Crippen molar-refractivity contribution in [1.29, 1.82) is 0 Å². The van der Waals surface area contributed by atoms with Crippen molar-refractivity contribution in [2.75, 3.05) is 14.2 Å². The van der Waals surface area contributed by atoms with Crippen LogP contribution in [0.25, 0.3) is 0 Å². The summed E-state index contributed by atoms with van der Waals surface area (Å²) in [5.74, 6) is 3.42. The Bertz CT molecular complexity index is 1420. The molecule has 0 amide bonds. The lowest BCUT2D eigenvalue weighted by atomic mass is 9.72. The smallest absolute Gasteiger partial charge is 0.118 e. The fourth-order valence-electron chi connectivity index (χ4n) is 7.29. The van der Waals surface area contributed by atoms with Crippen LogP contribution in [0.1, 0.15) is 43.7 Å². The zero-order chi connectivity index (χ0) is 27.8. The highest BCUT2D eigenvalue weighted by molar-refractivity contribution is 5.59. The highest BCUT2D eigenvalue weighted by Gasteiger charge is 2.39. The standard InChI is InChI=1S/C38H38O2/c1-24-22-35-31(27-14-18-29(39-4)19-15-27)10-6-8-12-33(35)37(24)26(3)38-25(2)23-36-32(11-7-9-13-34(36)38)28-16-20-30(40-5)21-17-28/h6-23,26,31-32,37-38H,1-5H3. The van der Waals surface area contributed by atoms with Crippen LogP contribution in [-0.2, 0) is 0 Å². The molecule has 4 aliphatic carbocycles. The van der Waals surface area contributed by atoms with E-state index in [1.807, 2.05) is 0 Å². The summed E-state index contributed by atoms with van der Waals surface area (Å²) < 4.78 is 10.8. The van der Waals surface area contributed by atoms with E-state index in [1.54, 1.807) is 14.2 Å². The molecule has 4 unspecified atom stereocenters. The summed E-state index contributed by atoms with van der Waals surface area (Å²) in [6.45, 7) is 7.11. The third kappa shape index (κ3) is 4.56. The molecule has 0 saturated heterocycles. The molecule has 4 aliphatic rings. The number of ether oxygens (including phenoxy) is 2. The quantitative estimate of drug-likeness (QED) is 0.373. The second-order valence-corrected chi connectivity index (χ2v) is 11.4. The van der Waals surface area contributed by atoms with Crippen molar-refractivity contribution in [3.8, 4) is 11.5 Å². The molecule has 202 valence electrons. The molecule has 6 rings (SSSR count). The zero-order valence-corrected chi connectivity index (χ0v) is 24.1. The Morgan fingerprint density at radius 3 is 1.32 bits per heavy atom. The van der Waals surface area contributed by atoms with Crippen molar-refractivity contribution in [2.24, 2.45) is 17.8 Å². The SMILES string of the molecule is COc1ccc(C2C=CC=CC3=C2C=C(C)C3C(C)C2C(C)=CC3=C2C=CC=CC3c2ccc(OC)cc2)cc1. The number of methoxy groups -OCH3 is 2. The Kier molecular flexibility index (Phi) is 7.11. The molecule has 0 aliphatic heterocycles. The van der Waals surface area contributed by atoms with Gasteiger partial charge in [0.1, 0.15) is 11.5 Å². The van der Waals surface area contributed by atoms with E-state index >= 15 is 0 Å². The highest BCUT2D eigenvalue weighted by Crippen LogP contribution is 2.52. The fourth-order valence-corrected chi connectivity index (χ4v) is 7.29. The predicted octanol–water partition coefficient (Wildman–Crippen LogP) is 9.20. The Balaban J connectivity index is 1.36. The van der Waals surface area contributed by atoms with Gasteiger partial charge in [-0.25, -0.2) is 0 Å². The number of allylic oxidation sites excluding steroid dienone is 16. The van der Waals surface area contributed by atoms with E-state index in [2.05, 4.69) is 130 Å². The summed E-state index contributed by atoms with van der Waals surface area (Å²) in [5.41, 5.74) is 11.3. The molecule has 2 nitrogen and oxygen atoms in total. The van der Waals surface area contributed by atoms with Gasteiger partial charge >= 0.3 is 0 Å². The average molecular weight is 527 g/mol. The van der Waals surface area contributed by atoms with Crippen LogP contribution in [0.2, 0.25) is 0 Å². The molecule has 2 heteroatoms. The van der Waals surface area contributed by atoms with Gasteiger partial charge in [0.15, 0.2) is 0 Å². The maximum absolute atomic E-state index is 5.42. The minimum absolute atomic E-state index is 0.236. The summed E-state index contributed by atoms with van der Waals surface area (Å²) in [4.78, 5) is 0. The van der Waals surface area contributed by atoms with Crippen LogP contribution in [-0.4, -0.2) is 14.2 Å². The molecule has 2 aromatic rings. The molecule has 0 spiro atoms. The Labute approximate surface area is 239 Å². The van der Waals surface area contributed by atoms with Gasteiger partial charge in [-0.05, 0) is 77.5 Å². The van der Waals surface area contributed by atoms with Gasteiger partial charge in [0.25, 0.3) is 0 Å². The van der Waals surface area contributed by atoms with Crippen LogP contribution >= 0.6 is 0 Å². The van der Waals surface area contributed by atoms with Crippen molar-refractivity contribution < 1.29 is 9.47 Å². The summed E-state index contributed by atoms with van der Waals surface area (Å²) in [5, 5.41) is 0. The molecule has 0 saturated carbocycles. The van der Waals surface area contributed by atoms with Crippen molar-refractivity contribution in [3.63, 3.8) is 0 Å². The van der Waals surface area contributed by atoms with E-state index in [0.717, 1.165) is 11.5 Å². The number of hydrogen-bond donors (Lipinski definition) is 0. The van der Waals surface area contributed by atoms with Gasteiger partial charge in [-0.2, -0.15) is 0 Å². The highest BCUT2D eigenvalue weighted by atomic mass is 16.5. The van der Waals surface area contributed by atoms with Crippen molar-refractivity contribution >= 4 is 0 Å². The summed E-state index contributed by atoms with van der Waals surface area (Å²) in [7, 11) is 3.44. The molecule has 0 heterocycles. The monoisotopic (exact) mass is 526 g/mol. The molecule has 0 aromatic heterocycles. The van der Waals surface area contributed by atoms with E-state index in [0.29, 0.717) is 17.8 Å². The zero-order valence-electron chi connectivity index (χ0n) is 24.1. The van der Waals surface area contributed by atoms with E-state index in [4.69, 9.17) is 9.47 Å². The molecule has 0 radical (unpaired) electrons. The van der Waals surface area contributed by atoms with Gasteiger partial charge in [-0.1, -0.05) is 103 Å². The first-order valence-electron chi connectivity index (χ1n) is 14.3. The molecular formula is C38H38O2. The molecule has 2 aromatic carbocycles. The third-order valence-corrected chi connectivity index (χ3v) is 9.14. The second kappa shape index (κ2) is 10.8. The second-order valence-electron chi connectivity index (χ2n) is 11.4. The van der Waals surface area contributed by atoms with Crippen LogP contribution in [0, 0.1) is 17.8 Å². The number of benzene rings is 2. The first kappa shape index (κ1) is 26.2. The fraction of sp³-hybridized carbons (Fsp3) is 0.263. The van der Waals surface area contributed by atoms with Gasteiger partial charge in [0.05, 0.1) is 14.2 Å². The number of rotatable bonds is 6. The van der Waals surface area contributed by atoms with Crippen LogP contribution < -0.4 is 9.47 Å². The Morgan fingerprint density at radius 1 is 0.550 bits per heavy atom. The molecule has 0 N–H and O–H groups in total. The van der Waals surface area contributed by atoms with Crippen LogP contribution in [0.5, 0.6) is 11.5 Å². The van der Waals surface area contributed by atoms with Crippen LogP contribution in [0.3, 0.4) is 0 Å². The Morgan fingerprint density at radius 2 is 0.950 bits per heavy atom. The van der Waals surface area contributed by atoms with Crippen molar-refractivity contribution in [1.82, 2.24) is 0 Å². The lowest BCUT2D eigenvalue weighted by Crippen LogP contribution is -2.23. The van der Waals surface area contributed by atoms with Gasteiger partial charge in [0, 0.05) is 23.7 Å². The van der Waals surface area contributed by atoms with Crippen molar-refractivity contribution in [2.45, 2.75) is 32.6 Å². The molecule has 40 heavy (non-hydrogen) atoms. The van der Waals surface area contributed by atoms with Crippen molar-refractivity contribution in [3.05, 3.63) is 154 Å². The summed E-state index contributed by atoms with van der Waals surface area (Å²) in [6, 6.07) is 17.1. The van der Waals surface area contributed by atoms with Gasteiger partial charge in [0.2, 0.25) is 0 Å². The summed E-state index contributed by atoms with van der Waals surface area (Å²) in [6.07, 6.45) is 23.2. The first-order valence-corrected chi connectivity index (χ1v) is 14.3. The molecule has 4 atom stereocenters. The average Bonchev–Trinajstić information content (AvgIpc) is 3.29. The maximum Gasteiger partial charge on any atom is 0.118 e. The van der Waals surface area contributed by atoms with E-state index in [-0.39, 0.29) is 11.8 Å². The van der Waals surface area contributed by atoms with E-state index in [1.165, 1.54) is 44.6 Å². The molecule has 0 bridgehead atoms. The van der Waals surface area contributed by atoms with Gasteiger partial charge < -0.3 is 9.47 Å². The van der Waals surface area contributed by atoms with Crippen LogP contribution in [0.15, 0.2) is 143 Å². The molecular weight excluding hydrogens is 488 g/mol. The normalized spacial score (nSPS) is 25.7. The maximum atomic E-state index is 5.42. The minimum atomic E-state index is 0.236. The molecule has 0 fully saturated rings. The predicted molar refractivity (Wildman–Crippen MR) is 166 cm³/mol. The van der Waals surface area contributed by atoms with E-state index < -0.39 is 0 Å². The summed E-state index contributed by atoms with van der Waals surface area (Å²) >= 11 is 0. The lowest BCUT2D eigenvalue weighted by Gasteiger charge is -2.32. The van der Waals surface area contributed by atoms with E-state index in [9.17, 15) is 0 Å². The topological polar surface area (TPSA) is 18.5 Å². The van der Waals surface area contributed by atoms with Gasteiger partial charge in [-0.15, -0.1) is 0 Å². The number of hydrogen-bond acceptors (Lipinski definition) is 2. The Hall–Kier alpha value is -4.04. The first-order chi connectivity index (χ1) is 19.5. The lowest BCUT2D eigenvalue weighted by molar-refractivity contribution is 0.389. The minimum Gasteiger partial charge on any atom is -0.497 e. The third-order valence-electron chi connectivity index (χ3n) is 9.14. The van der Waals surface area contributed by atoms with Gasteiger partial charge in [-0.3, -0.25) is 0 Å².